The van der Waals surface area contributed by atoms with Crippen LogP contribution in [0.3, 0.4) is 0 Å². The van der Waals surface area contributed by atoms with Crippen LogP contribution < -0.4 is 16.2 Å². The van der Waals surface area contributed by atoms with Gasteiger partial charge in [-0.05, 0) is 35.7 Å². The average Bonchev–Trinajstić information content (AvgIpc) is 3.29. The summed E-state index contributed by atoms with van der Waals surface area (Å²) >= 11 is 7.53. The Hall–Kier alpha value is -2.84. The van der Waals surface area contributed by atoms with Gasteiger partial charge in [0, 0.05) is 21.7 Å². The number of nitrogens with one attached hydrogen (secondary N) is 3. The van der Waals surface area contributed by atoms with Crippen LogP contribution in [-0.2, 0) is 13.1 Å². The van der Waals surface area contributed by atoms with Crippen LogP contribution in [0.2, 0.25) is 5.02 Å². The normalized spacial score (nSPS) is 11.0. The van der Waals surface area contributed by atoms with Gasteiger partial charge in [0.25, 0.3) is 11.3 Å². The average molecular weight is 387 g/mol. The van der Waals surface area contributed by atoms with E-state index in [-0.39, 0.29) is 5.56 Å². The van der Waals surface area contributed by atoms with Crippen molar-refractivity contribution in [2.45, 2.75) is 13.1 Å². The molecule has 0 fully saturated rings. The maximum atomic E-state index is 12.3. The Bertz CT molecular complexity index is 1070. The van der Waals surface area contributed by atoms with E-state index < -0.39 is 0 Å². The molecule has 4 rings (SSSR count). The summed E-state index contributed by atoms with van der Waals surface area (Å²) in [5, 5.41) is 12.0. The van der Waals surface area contributed by atoms with Gasteiger partial charge in [-0.2, -0.15) is 9.50 Å². The third kappa shape index (κ3) is 3.71. The molecule has 4 aromatic rings. The zero-order chi connectivity index (χ0) is 17.9. The highest BCUT2D eigenvalue weighted by Gasteiger charge is 2.08. The van der Waals surface area contributed by atoms with E-state index in [1.807, 2.05) is 29.6 Å². The Morgan fingerprint density at radius 1 is 1.12 bits per heavy atom. The minimum atomic E-state index is -0.209. The Balaban J connectivity index is 1.50. The number of anilines is 2. The summed E-state index contributed by atoms with van der Waals surface area (Å²) in [7, 11) is 0. The van der Waals surface area contributed by atoms with Gasteiger partial charge in [-0.15, -0.1) is 11.3 Å². The molecule has 0 saturated heterocycles. The second-order valence-corrected chi connectivity index (χ2v) is 7.06. The molecular weight excluding hydrogens is 372 g/mol. The van der Waals surface area contributed by atoms with Crippen molar-refractivity contribution in [1.29, 1.82) is 0 Å². The quantitative estimate of drug-likeness (QED) is 0.473. The lowest BCUT2D eigenvalue weighted by Crippen LogP contribution is -2.17. The van der Waals surface area contributed by atoms with Crippen molar-refractivity contribution in [2.24, 2.45) is 0 Å². The van der Waals surface area contributed by atoms with Gasteiger partial charge in [-0.1, -0.05) is 17.7 Å². The summed E-state index contributed by atoms with van der Waals surface area (Å²) in [4.78, 5) is 22.2. The number of nitrogens with zero attached hydrogens (tertiary/aromatic N) is 3. The molecule has 0 radical (unpaired) electrons. The highest BCUT2D eigenvalue weighted by atomic mass is 35.5. The van der Waals surface area contributed by atoms with E-state index in [9.17, 15) is 4.79 Å². The van der Waals surface area contributed by atoms with E-state index in [4.69, 9.17) is 11.6 Å². The number of rotatable bonds is 6. The van der Waals surface area contributed by atoms with Gasteiger partial charge < -0.3 is 10.6 Å². The largest absolute Gasteiger partial charge is 0.379 e. The van der Waals surface area contributed by atoms with Gasteiger partial charge in [-0.3, -0.25) is 9.89 Å². The fraction of sp³-hybridized carbons (Fsp3) is 0.118. The fourth-order valence-corrected chi connectivity index (χ4v) is 3.21. The molecular formula is C17H15ClN6OS. The second kappa shape index (κ2) is 7.19. The van der Waals surface area contributed by atoms with Crippen LogP contribution in [-0.4, -0.2) is 19.6 Å². The molecule has 0 bridgehead atoms. The second-order valence-electron chi connectivity index (χ2n) is 5.59. The molecule has 9 heteroatoms. The molecule has 132 valence electrons. The number of benzene rings is 1. The monoisotopic (exact) mass is 386 g/mol. The molecule has 0 atom stereocenters. The molecule has 0 amide bonds. The first-order valence-electron chi connectivity index (χ1n) is 7.92. The molecule has 26 heavy (non-hydrogen) atoms. The van der Waals surface area contributed by atoms with E-state index in [0.29, 0.717) is 35.5 Å². The summed E-state index contributed by atoms with van der Waals surface area (Å²) in [5.74, 6) is 0.838. The van der Waals surface area contributed by atoms with Gasteiger partial charge in [0.1, 0.15) is 0 Å². The molecule has 0 aliphatic rings. The van der Waals surface area contributed by atoms with Crippen molar-refractivity contribution in [1.82, 2.24) is 19.6 Å². The number of H-pyrrole nitrogens is 1. The molecule has 1 aromatic carbocycles. The minimum absolute atomic E-state index is 0.209. The highest BCUT2D eigenvalue weighted by molar-refractivity contribution is 7.09. The van der Waals surface area contributed by atoms with E-state index in [1.165, 1.54) is 15.5 Å². The molecule has 0 unspecified atom stereocenters. The third-order valence-electron chi connectivity index (χ3n) is 3.71. The highest BCUT2D eigenvalue weighted by Crippen LogP contribution is 2.14. The minimum Gasteiger partial charge on any atom is -0.379 e. The predicted molar refractivity (Wildman–Crippen MR) is 104 cm³/mol. The first-order chi connectivity index (χ1) is 12.7. The summed E-state index contributed by atoms with van der Waals surface area (Å²) in [6.45, 7) is 1.05. The van der Waals surface area contributed by atoms with Crippen LogP contribution in [0.4, 0.5) is 11.6 Å². The van der Waals surface area contributed by atoms with Crippen LogP contribution in [0.1, 0.15) is 10.6 Å². The van der Waals surface area contributed by atoms with E-state index in [2.05, 4.69) is 25.7 Å². The standard InChI is InChI=1S/C17H15ClN6OS/c18-11-3-5-12(6-4-11)19-9-13-8-15(25)24-17(21-13)22-16(23-24)20-10-14-2-1-7-26-14/h1-8,19H,9-10H2,(H2,20,21,22,23). The van der Waals surface area contributed by atoms with Crippen LogP contribution in [0.5, 0.6) is 0 Å². The van der Waals surface area contributed by atoms with E-state index >= 15 is 0 Å². The summed E-state index contributed by atoms with van der Waals surface area (Å²) in [6, 6.07) is 12.8. The fourth-order valence-electron chi connectivity index (χ4n) is 2.44. The van der Waals surface area contributed by atoms with Crippen molar-refractivity contribution in [3.63, 3.8) is 0 Å². The maximum absolute atomic E-state index is 12.3. The van der Waals surface area contributed by atoms with Gasteiger partial charge in [0.05, 0.1) is 18.8 Å². The Morgan fingerprint density at radius 2 is 1.96 bits per heavy atom. The lowest BCUT2D eigenvalue weighted by molar-refractivity contribution is 0.875. The number of hydrogen-bond acceptors (Lipinski definition) is 6. The smallest absolute Gasteiger partial charge is 0.274 e. The van der Waals surface area contributed by atoms with Crippen LogP contribution in [0.15, 0.2) is 52.6 Å². The zero-order valence-electron chi connectivity index (χ0n) is 13.6. The molecule has 0 spiro atoms. The number of aromatic nitrogens is 4. The maximum Gasteiger partial charge on any atom is 0.274 e. The Kier molecular flexibility index (Phi) is 4.59. The number of halogens is 1. The first kappa shape index (κ1) is 16.6. The SMILES string of the molecule is O=c1cc(CNc2ccc(Cl)cc2)nc2nc(NCc3cccs3)[nH]n12. The van der Waals surface area contributed by atoms with Gasteiger partial charge in [0.15, 0.2) is 0 Å². The van der Waals surface area contributed by atoms with Crippen molar-refractivity contribution < 1.29 is 0 Å². The van der Waals surface area contributed by atoms with E-state index in [1.54, 1.807) is 23.5 Å². The molecule has 0 saturated carbocycles. The van der Waals surface area contributed by atoms with Crippen molar-refractivity contribution in [3.8, 4) is 0 Å². The zero-order valence-corrected chi connectivity index (χ0v) is 15.1. The molecule has 7 nitrogen and oxygen atoms in total. The number of aromatic amines is 1. The number of thiophene rings is 1. The molecule has 3 aromatic heterocycles. The van der Waals surface area contributed by atoms with Crippen molar-refractivity contribution >= 4 is 40.4 Å². The lowest BCUT2D eigenvalue weighted by Gasteiger charge is -2.05. The molecule has 3 heterocycles. The van der Waals surface area contributed by atoms with Crippen LogP contribution >= 0.6 is 22.9 Å². The Morgan fingerprint density at radius 3 is 2.73 bits per heavy atom. The molecule has 3 N–H and O–H groups in total. The van der Waals surface area contributed by atoms with E-state index in [0.717, 1.165) is 5.69 Å². The van der Waals surface area contributed by atoms with Crippen LogP contribution in [0, 0.1) is 0 Å². The number of fused-ring (bicyclic) bond motifs is 1. The molecule has 0 aliphatic heterocycles. The van der Waals surface area contributed by atoms with Gasteiger partial charge >= 0.3 is 0 Å². The summed E-state index contributed by atoms with van der Waals surface area (Å²) in [5.41, 5.74) is 1.30. The summed E-state index contributed by atoms with van der Waals surface area (Å²) < 4.78 is 1.32. The van der Waals surface area contributed by atoms with Crippen molar-refractivity contribution in [3.05, 3.63) is 73.8 Å². The number of hydrogen-bond donors (Lipinski definition) is 3. The lowest BCUT2D eigenvalue weighted by atomic mass is 10.3. The van der Waals surface area contributed by atoms with Crippen LogP contribution in [0.25, 0.3) is 5.78 Å². The predicted octanol–water partition coefficient (Wildman–Crippen LogP) is 3.36. The van der Waals surface area contributed by atoms with Gasteiger partial charge in [-0.25, -0.2) is 4.98 Å². The molecule has 0 aliphatic carbocycles. The van der Waals surface area contributed by atoms with Crippen molar-refractivity contribution in [2.75, 3.05) is 10.6 Å². The third-order valence-corrected chi connectivity index (χ3v) is 4.84. The van der Waals surface area contributed by atoms with Gasteiger partial charge in [0.2, 0.25) is 5.95 Å². The Labute approximate surface area is 157 Å². The summed E-state index contributed by atoms with van der Waals surface area (Å²) in [6.07, 6.45) is 0. The first-order valence-corrected chi connectivity index (χ1v) is 9.17. The topological polar surface area (TPSA) is 87.1 Å².